The summed E-state index contributed by atoms with van der Waals surface area (Å²) < 4.78 is 13.6. The number of carbonyl (C=O) groups is 1. The summed E-state index contributed by atoms with van der Waals surface area (Å²) >= 11 is 0. The van der Waals surface area contributed by atoms with E-state index in [0.717, 1.165) is 25.7 Å². The predicted octanol–water partition coefficient (Wildman–Crippen LogP) is 2.55. The Labute approximate surface area is 120 Å². The van der Waals surface area contributed by atoms with Crippen molar-refractivity contribution in [1.82, 2.24) is 4.90 Å². The van der Waals surface area contributed by atoms with Crippen LogP contribution in [0.3, 0.4) is 0 Å². The molecule has 1 aromatic carbocycles. The molecule has 2 N–H and O–H groups in total. The van der Waals surface area contributed by atoms with Crippen LogP contribution >= 0.6 is 0 Å². The molecule has 1 aliphatic carbocycles. The Morgan fingerprint density at radius 2 is 2.05 bits per heavy atom. The van der Waals surface area contributed by atoms with Gasteiger partial charge in [0.25, 0.3) is 0 Å². The van der Waals surface area contributed by atoms with Crippen molar-refractivity contribution in [3.8, 4) is 0 Å². The molecule has 3 nitrogen and oxygen atoms in total. The van der Waals surface area contributed by atoms with Crippen LogP contribution in [0.2, 0.25) is 0 Å². The molecule has 2 atom stereocenters. The second kappa shape index (κ2) is 6.84. The van der Waals surface area contributed by atoms with Gasteiger partial charge in [0.05, 0.1) is 0 Å². The molecule has 4 heteroatoms. The van der Waals surface area contributed by atoms with Crippen LogP contribution in [0.5, 0.6) is 0 Å². The van der Waals surface area contributed by atoms with Crippen LogP contribution in [-0.4, -0.2) is 24.4 Å². The number of benzene rings is 1. The first-order valence-electron chi connectivity index (χ1n) is 7.32. The molecule has 0 saturated heterocycles. The third-order valence-electron chi connectivity index (χ3n) is 4.27. The van der Waals surface area contributed by atoms with Crippen LogP contribution in [0, 0.1) is 17.7 Å². The summed E-state index contributed by atoms with van der Waals surface area (Å²) in [6, 6.07) is 6.60. The maximum Gasteiger partial charge on any atom is 0.226 e. The lowest BCUT2D eigenvalue weighted by molar-refractivity contribution is -0.137. The molecule has 2 unspecified atom stereocenters. The molecule has 0 aromatic heterocycles. The Morgan fingerprint density at radius 1 is 1.35 bits per heavy atom. The maximum absolute atomic E-state index is 13.6. The zero-order valence-electron chi connectivity index (χ0n) is 12.0. The lowest BCUT2D eigenvalue weighted by Crippen LogP contribution is -2.40. The highest BCUT2D eigenvalue weighted by Gasteiger charge is 2.31. The van der Waals surface area contributed by atoms with E-state index < -0.39 is 0 Å². The average Bonchev–Trinajstić information content (AvgIpc) is 2.48. The van der Waals surface area contributed by atoms with E-state index in [-0.39, 0.29) is 23.6 Å². The lowest BCUT2D eigenvalue weighted by atomic mass is 9.78. The van der Waals surface area contributed by atoms with Gasteiger partial charge in [-0.25, -0.2) is 4.39 Å². The number of nitrogens with zero attached hydrogens (tertiary/aromatic N) is 1. The summed E-state index contributed by atoms with van der Waals surface area (Å²) in [7, 11) is 1.75. The van der Waals surface area contributed by atoms with Crippen molar-refractivity contribution in [1.29, 1.82) is 0 Å². The molecular weight excluding hydrogens is 255 g/mol. The number of halogens is 1. The third-order valence-corrected chi connectivity index (χ3v) is 4.27. The van der Waals surface area contributed by atoms with E-state index in [9.17, 15) is 9.18 Å². The molecule has 1 fully saturated rings. The van der Waals surface area contributed by atoms with Crippen molar-refractivity contribution >= 4 is 5.91 Å². The Hall–Kier alpha value is -1.42. The van der Waals surface area contributed by atoms with Crippen LogP contribution < -0.4 is 5.73 Å². The van der Waals surface area contributed by atoms with E-state index in [1.807, 2.05) is 0 Å². The predicted molar refractivity (Wildman–Crippen MR) is 77.4 cm³/mol. The van der Waals surface area contributed by atoms with E-state index in [4.69, 9.17) is 5.73 Å². The first-order valence-corrected chi connectivity index (χ1v) is 7.32. The van der Waals surface area contributed by atoms with Gasteiger partial charge in [-0.3, -0.25) is 4.79 Å². The van der Waals surface area contributed by atoms with E-state index in [0.29, 0.717) is 18.7 Å². The van der Waals surface area contributed by atoms with Crippen LogP contribution in [0.4, 0.5) is 4.39 Å². The van der Waals surface area contributed by atoms with Gasteiger partial charge in [-0.05, 0) is 31.4 Å². The van der Waals surface area contributed by atoms with Crippen molar-refractivity contribution in [2.75, 3.05) is 13.6 Å². The number of nitrogens with two attached hydrogens (primary N) is 1. The van der Waals surface area contributed by atoms with Gasteiger partial charge in [0, 0.05) is 25.1 Å². The van der Waals surface area contributed by atoms with E-state index in [1.54, 1.807) is 30.1 Å². The quantitative estimate of drug-likeness (QED) is 0.920. The van der Waals surface area contributed by atoms with Gasteiger partial charge in [-0.1, -0.05) is 31.0 Å². The van der Waals surface area contributed by atoms with Crippen molar-refractivity contribution in [2.45, 2.75) is 32.2 Å². The van der Waals surface area contributed by atoms with Gasteiger partial charge >= 0.3 is 0 Å². The summed E-state index contributed by atoms with van der Waals surface area (Å²) in [5.41, 5.74) is 6.34. The van der Waals surface area contributed by atoms with Crippen LogP contribution in [0.1, 0.15) is 31.2 Å². The minimum atomic E-state index is -0.258. The van der Waals surface area contributed by atoms with Gasteiger partial charge in [0.2, 0.25) is 5.91 Å². The summed E-state index contributed by atoms with van der Waals surface area (Å²) in [6.45, 7) is 0.878. The largest absolute Gasteiger partial charge is 0.341 e. The number of hydrogen-bond donors (Lipinski definition) is 1. The number of rotatable bonds is 4. The molecule has 0 aliphatic heterocycles. The second-order valence-electron chi connectivity index (χ2n) is 5.67. The van der Waals surface area contributed by atoms with Gasteiger partial charge in [0.15, 0.2) is 0 Å². The smallest absolute Gasteiger partial charge is 0.226 e. The Kier molecular flexibility index (Phi) is 5.12. The molecule has 0 radical (unpaired) electrons. The summed E-state index contributed by atoms with van der Waals surface area (Å²) in [6.07, 6.45) is 4.17. The third kappa shape index (κ3) is 3.37. The Balaban J connectivity index is 2.03. The molecule has 1 saturated carbocycles. The van der Waals surface area contributed by atoms with Gasteiger partial charge in [-0.15, -0.1) is 0 Å². The average molecular weight is 278 g/mol. The fraction of sp³-hybridized carbons (Fsp3) is 0.562. The van der Waals surface area contributed by atoms with Crippen LogP contribution in [0.25, 0.3) is 0 Å². The highest BCUT2D eigenvalue weighted by molar-refractivity contribution is 5.79. The number of amides is 1. The van der Waals surface area contributed by atoms with E-state index in [1.165, 1.54) is 6.07 Å². The molecular formula is C16H23FN2O. The molecule has 0 spiro atoms. The second-order valence-corrected chi connectivity index (χ2v) is 5.67. The number of carbonyl (C=O) groups excluding carboxylic acids is 1. The molecule has 0 bridgehead atoms. The lowest BCUT2D eigenvalue weighted by Gasteiger charge is -2.32. The fourth-order valence-corrected chi connectivity index (χ4v) is 3.06. The fourth-order valence-electron chi connectivity index (χ4n) is 3.06. The molecule has 110 valence electrons. The van der Waals surface area contributed by atoms with Crippen LogP contribution in [0.15, 0.2) is 24.3 Å². The van der Waals surface area contributed by atoms with E-state index in [2.05, 4.69) is 0 Å². The van der Waals surface area contributed by atoms with Crippen molar-refractivity contribution < 1.29 is 9.18 Å². The first kappa shape index (κ1) is 15.0. The first-order chi connectivity index (χ1) is 9.63. The van der Waals surface area contributed by atoms with Crippen LogP contribution in [-0.2, 0) is 11.3 Å². The molecule has 20 heavy (non-hydrogen) atoms. The van der Waals surface area contributed by atoms with E-state index >= 15 is 0 Å². The standard InChI is InChI=1S/C16H23FN2O/c1-19(11-13-7-3-5-9-15(13)17)16(20)14-8-4-2-6-12(14)10-18/h3,5,7,9,12,14H,2,4,6,8,10-11,18H2,1H3. The number of hydrogen-bond acceptors (Lipinski definition) is 2. The SMILES string of the molecule is CN(Cc1ccccc1F)C(=O)C1CCCCC1CN. The molecule has 1 aromatic rings. The molecule has 2 rings (SSSR count). The molecule has 1 amide bonds. The minimum absolute atomic E-state index is 0.00511. The highest BCUT2D eigenvalue weighted by atomic mass is 19.1. The maximum atomic E-state index is 13.6. The van der Waals surface area contributed by atoms with Gasteiger partial charge in [-0.2, -0.15) is 0 Å². The monoisotopic (exact) mass is 278 g/mol. The summed E-state index contributed by atoms with van der Waals surface area (Å²) in [5, 5.41) is 0. The zero-order chi connectivity index (χ0) is 14.5. The van der Waals surface area contributed by atoms with Gasteiger partial charge in [0.1, 0.15) is 5.82 Å². The van der Waals surface area contributed by atoms with Crippen molar-refractivity contribution in [2.24, 2.45) is 17.6 Å². The summed E-state index contributed by atoms with van der Waals surface area (Å²) in [4.78, 5) is 14.2. The van der Waals surface area contributed by atoms with Crippen molar-refractivity contribution in [3.05, 3.63) is 35.6 Å². The molecule has 0 heterocycles. The Morgan fingerprint density at radius 3 is 2.75 bits per heavy atom. The normalized spacial score (nSPS) is 22.6. The minimum Gasteiger partial charge on any atom is -0.341 e. The van der Waals surface area contributed by atoms with Gasteiger partial charge < -0.3 is 10.6 Å². The Bertz CT molecular complexity index is 464. The topological polar surface area (TPSA) is 46.3 Å². The highest BCUT2D eigenvalue weighted by Crippen LogP contribution is 2.30. The zero-order valence-corrected chi connectivity index (χ0v) is 12.0. The summed E-state index contributed by atoms with van der Waals surface area (Å²) in [5.74, 6) is 0.124. The molecule has 1 aliphatic rings. The van der Waals surface area contributed by atoms with Crippen molar-refractivity contribution in [3.63, 3.8) is 0 Å².